The number of carboxylic acids is 1. The number of hydrogen-bond acceptors (Lipinski definition) is 6. The average Bonchev–Trinajstić information content (AvgIpc) is 2.53. The number of aliphatic carboxylic acids is 1. The van der Waals surface area contributed by atoms with E-state index in [0.29, 0.717) is 12.7 Å². The first-order valence-electron chi connectivity index (χ1n) is 6.73. The highest BCUT2D eigenvalue weighted by molar-refractivity contribution is 5.84. The van der Waals surface area contributed by atoms with Crippen LogP contribution >= 0.6 is 0 Å². The van der Waals surface area contributed by atoms with E-state index in [4.69, 9.17) is 14.6 Å². The number of aliphatic hydroxyl groups is 1. The number of carbonyl (C=O) groups is 3. The van der Waals surface area contributed by atoms with Crippen LogP contribution in [0.2, 0.25) is 0 Å². The number of hydrogen-bond donors (Lipinski definition) is 2. The number of aldehydes is 1. The normalized spacial score (nSPS) is 13.1. The van der Waals surface area contributed by atoms with E-state index >= 15 is 0 Å². The zero-order valence-electron chi connectivity index (χ0n) is 11.9. The third-order valence-corrected chi connectivity index (χ3v) is 2.76. The molecule has 7 nitrogen and oxygen atoms in total. The minimum atomic E-state index is -2.03. The Morgan fingerprint density at radius 2 is 1.91 bits per heavy atom. The van der Waals surface area contributed by atoms with Gasteiger partial charge < -0.3 is 24.5 Å². The van der Waals surface area contributed by atoms with Gasteiger partial charge in [-0.15, -0.1) is 0 Å². The van der Waals surface area contributed by atoms with Crippen LogP contribution in [0.4, 0.5) is 0 Å². The van der Waals surface area contributed by atoms with E-state index in [-0.39, 0.29) is 19.6 Å². The predicted molar refractivity (Wildman–Crippen MR) is 74.9 cm³/mol. The first-order chi connectivity index (χ1) is 10.6. The summed E-state index contributed by atoms with van der Waals surface area (Å²) in [7, 11) is 0. The first-order valence-corrected chi connectivity index (χ1v) is 6.73. The van der Waals surface area contributed by atoms with Crippen molar-refractivity contribution in [2.45, 2.75) is 31.7 Å². The van der Waals surface area contributed by atoms with Crippen LogP contribution in [0.1, 0.15) is 18.4 Å². The molecule has 0 aliphatic heterocycles. The maximum Gasteiger partial charge on any atom is 0.338 e. The summed E-state index contributed by atoms with van der Waals surface area (Å²) >= 11 is 0. The molecule has 2 atom stereocenters. The molecule has 22 heavy (non-hydrogen) atoms. The molecule has 0 unspecified atom stereocenters. The molecule has 0 heterocycles. The van der Waals surface area contributed by atoms with E-state index in [1.807, 2.05) is 0 Å². The van der Waals surface area contributed by atoms with Crippen LogP contribution in [-0.4, -0.2) is 47.3 Å². The van der Waals surface area contributed by atoms with Gasteiger partial charge in [0.15, 0.2) is 12.2 Å². The quantitative estimate of drug-likeness (QED) is 0.368. The average molecular weight is 310 g/mol. The number of ether oxygens (including phenoxy) is 2. The Hall–Kier alpha value is -2.25. The molecule has 7 heteroatoms. The molecule has 0 saturated heterocycles. The fourth-order valence-corrected chi connectivity index (χ4v) is 1.61. The van der Waals surface area contributed by atoms with Crippen LogP contribution < -0.4 is 0 Å². The van der Waals surface area contributed by atoms with Gasteiger partial charge in [0.1, 0.15) is 12.9 Å². The van der Waals surface area contributed by atoms with Gasteiger partial charge in [0, 0.05) is 13.0 Å². The Morgan fingerprint density at radius 3 is 2.50 bits per heavy atom. The van der Waals surface area contributed by atoms with Gasteiger partial charge in [0.05, 0.1) is 0 Å². The number of carboxylic acid groups (broad SMARTS) is 1. The second-order valence-corrected chi connectivity index (χ2v) is 4.48. The van der Waals surface area contributed by atoms with Gasteiger partial charge in [-0.1, -0.05) is 30.3 Å². The monoisotopic (exact) mass is 310 g/mol. The number of carbonyl (C=O) groups excluding carboxylic acids is 2. The van der Waals surface area contributed by atoms with E-state index in [0.717, 1.165) is 5.56 Å². The lowest BCUT2D eigenvalue weighted by Crippen LogP contribution is -2.43. The van der Waals surface area contributed by atoms with Crippen LogP contribution in [0.5, 0.6) is 0 Å². The number of benzene rings is 1. The van der Waals surface area contributed by atoms with E-state index < -0.39 is 24.1 Å². The summed E-state index contributed by atoms with van der Waals surface area (Å²) in [4.78, 5) is 32.9. The molecule has 120 valence electrons. The van der Waals surface area contributed by atoms with Crippen LogP contribution in [-0.2, 0) is 30.5 Å². The molecule has 0 saturated carbocycles. The fraction of sp³-hybridized carbons (Fsp3) is 0.400. The molecule has 2 N–H and O–H groups in total. The largest absolute Gasteiger partial charge is 0.479 e. The predicted octanol–water partition coefficient (Wildman–Crippen LogP) is 0.540. The molecule has 0 aliphatic rings. The van der Waals surface area contributed by atoms with Crippen molar-refractivity contribution >= 4 is 18.2 Å². The molecule has 1 aromatic carbocycles. The topological polar surface area (TPSA) is 110 Å². The molecule has 0 aromatic heterocycles. The lowest BCUT2D eigenvalue weighted by molar-refractivity contribution is -0.176. The minimum Gasteiger partial charge on any atom is -0.479 e. The molecule has 1 rings (SSSR count). The summed E-state index contributed by atoms with van der Waals surface area (Å²) in [6.45, 7) is -0.0889. The molecule has 0 spiro atoms. The van der Waals surface area contributed by atoms with E-state index in [9.17, 15) is 19.5 Å². The summed E-state index contributed by atoms with van der Waals surface area (Å²) in [5.41, 5.74) is 0.723. The van der Waals surface area contributed by atoms with Crippen LogP contribution in [0.25, 0.3) is 0 Å². The summed E-state index contributed by atoms with van der Waals surface area (Å²) in [6.07, 6.45) is -2.44. The Morgan fingerprint density at radius 1 is 1.23 bits per heavy atom. The van der Waals surface area contributed by atoms with Crippen molar-refractivity contribution in [2.24, 2.45) is 0 Å². The Kier molecular flexibility index (Phi) is 7.80. The fourth-order valence-electron chi connectivity index (χ4n) is 1.61. The summed E-state index contributed by atoms with van der Waals surface area (Å²) in [6, 6.07) is 8.81. The molecule has 0 radical (unpaired) electrons. The van der Waals surface area contributed by atoms with Crippen molar-refractivity contribution < 1.29 is 34.1 Å². The second-order valence-electron chi connectivity index (χ2n) is 4.48. The van der Waals surface area contributed by atoms with Gasteiger partial charge in [-0.05, 0) is 12.0 Å². The van der Waals surface area contributed by atoms with Crippen LogP contribution in [0, 0.1) is 0 Å². The van der Waals surface area contributed by atoms with Gasteiger partial charge in [-0.25, -0.2) is 9.59 Å². The molecule has 0 aliphatic carbocycles. The highest BCUT2D eigenvalue weighted by atomic mass is 16.6. The Bertz CT molecular complexity index is 486. The minimum absolute atomic E-state index is 0.0335. The number of esters is 1. The van der Waals surface area contributed by atoms with Crippen LogP contribution in [0.15, 0.2) is 30.3 Å². The molecular weight excluding hydrogens is 292 g/mol. The molecule has 0 fully saturated rings. The highest BCUT2D eigenvalue weighted by Gasteiger charge is 2.34. The summed E-state index contributed by atoms with van der Waals surface area (Å²) in [5, 5.41) is 18.3. The zero-order chi connectivity index (χ0) is 16.4. The van der Waals surface area contributed by atoms with Gasteiger partial charge >= 0.3 is 11.9 Å². The van der Waals surface area contributed by atoms with E-state index in [2.05, 4.69) is 0 Å². The zero-order valence-corrected chi connectivity index (χ0v) is 11.9. The second kappa shape index (κ2) is 9.64. The lowest BCUT2D eigenvalue weighted by Gasteiger charge is -2.19. The number of aliphatic hydroxyl groups excluding tert-OH is 1. The van der Waals surface area contributed by atoms with Crippen LogP contribution in [0.3, 0.4) is 0 Å². The van der Waals surface area contributed by atoms with Gasteiger partial charge in [0.2, 0.25) is 0 Å². The Balaban J connectivity index is 2.58. The van der Waals surface area contributed by atoms with Crippen molar-refractivity contribution in [3.63, 3.8) is 0 Å². The SMILES string of the molecule is O=CCCCO[C@@H](C(=O)OCc1ccccc1)[C@@H](O)C(=O)O. The van der Waals surface area contributed by atoms with Gasteiger partial charge in [-0.2, -0.15) is 0 Å². The molecular formula is C15H18O7. The van der Waals surface area contributed by atoms with Crippen molar-refractivity contribution in [1.82, 2.24) is 0 Å². The smallest absolute Gasteiger partial charge is 0.338 e. The molecule has 1 aromatic rings. The number of unbranched alkanes of at least 4 members (excludes halogenated alkanes) is 1. The maximum absolute atomic E-state index is 11.9. The lowest BCUT2D eigenvalue weighted by atomic mass is 10.2. The highest BCUT2D eigenvalue weighted by Crippen LogP contribution is 2.08. The van der Waals surface area contributed by atoms with Crippen molar-refractivity contribution in [3.05, 3.63) is 35.9 Å². The van der Waals surface area contributed by atoms with Crippen molar-refractivity contribution in [3.8, 4) is 0 Å². The van der Waals surface area contributed by atoms with Gasteiger partial charge in [-0.3, -0.25) is 0 Å². The maximum atomic E-state index is 11.9. The third kappa shape index (κ3) is 6.02. The molecule has 0 bridgehead atoms. The summed E-state index contributed by atoms with van der Waals surface area (Å²) < 4.78 is 10.0. The Labute approximate surface area is 127 Å². The number of rotatable bonds is 10. The van der Waals surface area contributed by atoms with Crippen molar-refractivity contribution in [1.29, 1.82) is 0 Å². The van der Waals surface area contributed by atoms with Crippen molar-refractivity contribution in [2.75, 3.05) is 6.61 Å². The van der Waals surface area contributed by atoms with E-state index in [1.54, 1.807) is 30.3 Å². The van der Waals surface area contributed by atoms with Gasteiger partial charge in [0.25, 0.3) is 0 Å². The van der Waals surface area contributed by atoms with E-state index in [1.165, 1.54) is 0 Å². The summed E-state index contributed by atoms with van der Waals surface area (Å²) in [5.74, 6) is -2.55. The molecule has 0 amide bonds. The first kappa shape index (κ1) is 17.8. The third-order valence-electron chi connectivity index (χ3n) is 2.76. The standard InChI is InChI=1S/C15H18O7/c16-8-4-5-9-21-13(12(17)14(18)19)15(20)22-10-11-6-2-1-3-7-11/h1-3,6-8,12-13,17H,4-5,9-10H2,(H,18,19)/t12-,13-/m1/s1.